The lowest BCUT2D eigenvalue weighted by Gasteiger charge is -2.09. The lowest BCUT2D eigenvalue weighted by atomic mass is 10.2. The normalized spacial score (nSPS) is 13.2. The first-order chi connectivity index (χ1) is 6.31. The van der Waals surface area contributed by atoms with Crippen molar-refractivity contribution in [2.75, 3.05) is 26.9 Å². The maximum absolute atomic E-state index is 9.38. The summed E-state index contributed by atoms with van der Waals surface area (Å²) >= 11 is 0. The molecule has 0 aromatic heterocycles. The highest BCUT2D eigenvalue weighted by Crippen LogP contribution is 1.99. The minimum atomic E-state index is -0.276. The zero-order valence-electron chi connectivity index (χ0n) is 8.79. The summed E-state index contributed by atoms with van der Waals surface area (Å²) in [4.78, 5) is 0. The molecule has 0 bridgehead atoms. The second-order valence-corrected chi connectivity index (χ2v) is 3.19. The van der Waals surface area contributed by atoms with Gasteiger partial charge in [0.1, 0.15) is 0 Å². The van der Waals surface area contributed by atoms with Gasteiger partial charge < -0.3 is 14.6 Å². The van der Waals surface area contributed by atoms with E-state index in [9.17, 15) is 5.11 Å². The van der Waals surface area contributed by atoms with Gasteiger partial charge in [0.05, 0.1) is 6.10 Å². The van der Waals surface area contributed by atoms with Crippen LogP contribution in [-0.2, 0) is 9.47 Å². The Kier molecular flexibility index (Phi) is 9.87. The van der Waals surface area contributed by atoms with E-state index in [1.54, 1.807) is 7.11 Å². The quantitative estimate of drug-likeness (QED) is 0.561. The van der Waals surface area contributed by atoms with Crippen molar-refractivity contribution in [1.82, 2.24) is 0 Å². The van der Waals surface area contributed by atoms with Crippen LogP contribution in [-0.4, -0.2) is 38.1 Å². The molecule has 0 heterocycles. The van der Waals surface area contributed by atoms with Gasteiger partial charge in [0, 0.05) is 26.9 Å². The van der Waals surface area contributed by atoms with Gasteiger partial charge >= 0.3 is 0 Å². The number of methoxy groups -OCH3 is 1. The van der Waals surface area contributed by atoms with Crippen molar-refractivity contribution in [1.29, 1.82) is 0 Å². The second-order valence-electron chi connectivity index (χ2n) is 3.19. The molecule has 0 radical (unpaired) electrons. The van der Waals surface area contributed by atoms with Crippen LogP contribution in [0.2, 0.25) is 0 Å². The lowest BCUT2D eigenvalue weighted by Crippen LogP contribution is -2.13. The first kappa shape index (κ1) is 12.9. The van der Waals surface area contributed by atoms with Crippen LogP contribution in [0.25, 0.3) is 0 Å². The fourth-order valence-corrected chi connectivity index (χ4v) is 0.966. The van der Waals surface area contributed by atoms with Gasteiger partial charge in [-0.3, -0.25) is 0 Å². The summed E-state index contributed by atoms with van der Waals surface area (Å²) in [6.07, 6.45) is 3.41. The van der Waals surface area contributed by atoms with E-state index >= 15 is 0 Å². The van der Waals surface area contributed by atoms with Crippen molar-refractivity contribution in [3.05, 3.63) is 0 Å². The minimum Gasteiger partial charge on any atom is -0.393 e. The molecule has 0 aromatic carbocycles. The number of ether oxygens (including phenoxy) is 2. The molecule has 0 aliphatic carbocycles. The maximum atomic E-state index is 9.38. The third-order valence-corrected chi connectivity index (χ3v) is 1.89. The molecule has 3 nitrogen and oxygen atoms in total. The standard InChI is InChI=1S/C10H22O3/c1-3-4-7-13-9-6-10(11)5-8-12-2/h10-11H,3-9H2,1-2H3. The molecular weight excluding hydrogens is 168 g/mol. The van der Waals surface area contributed by atoms with Gasteiger partial charge in [-0.25, -0.2) is 0 Å². The molecule has 0 aromatic rings. The molecule has 0 rings (SSSR count). The second kappa shape index (κ2) is 9.96. The van der Waals surface area contributed by atoms with E-state index in [2.05, 4.69) is 6.92 Å². The summed E-state index contributed by atoms with van der Waals surface area (Å²) in [6, 6.07) is 0. The summed E-state index contributed by atoms with van der Waals surface area (Å²) in [6.45, 7) is 4.23. The van der Waals surface area contributed by atoms with Crippen molar-refractivity contribution in [2.45, 2.75) is 38.7 Å². The van der Waals surface area contributed by atoms with Crippen LogP contribution < -0.4 is 0 Å². The van der Waals surface area contributed by atoms with Crippen LogP contribution in [0, 0.1) is 0 Å². The van der Waals surface area contributed by atoms with E-state index < -0.39 is 0 Å². The fraction of sp³-hybridized carbons (Fsp3) is 1.00. The summed E-state index contributed by atoms with van der Waals surface area (Å²) in [5.74, 6) is 0. The number of hydrogen-bond donors (Lipinski definition) is 1. The van der Waals surface area contributed by atoms with E-state index in [4.69, 9.17) is 9.47 Å². The van der Waals surface area contributed by atoms with Crippen molar-refractivity contribution >= 4 is 0 Å². The molecule has 0 fully saturated rings. The van der Waals surface area contributed by atoms with E-state index in [1.807, 2.05) is 0 Å². The number of unbranched alkanes of at least 4 members (excludes halogenated alkanes) is 1. The van der Waals surface area contributed by atoms with E-state index in [0.717, 1.165) is 19.4 Å². The monoisotopic (exact) mass is 190 g/mol. The molecule has 0 saturated carbocycles. The smallest absolute Gasteiger partial charge is 0.0584 e. The Bertz CT molecular complexity index is 96.2. The Balaban J connectivity index is 3.03. The summed E-state index contributed by atoms with van der Waals surface area (Å²) < 4.78 is 10.2. The molecule has 0 spiro atoms. The predicted octanol–water partition coefficient (Wildman–Crippen LogP) is 1.59. The van der Waals surface area contributed by atoms with Gasteiger partial charge in [0.25, 0.3) is 0 Å². The van der Waals surface area contributed by atoms with Crippen molar-refractivity contribution in [3.63, 3.8) is 0 Å². The maximum Gasteiger partial charge on any atom is 0.0584 e. The molecule has 0 aliphatic heterocycles. The molecule has 1 unspecified atom stereocenters. The van der Waals surface area contributed by atoms with Gasteiger partial charge in [-0.05, 0) is 19.3 Å². The predicted molar refractivity (Wildman–Crippen MR) is 52.8 cm³/mol. The molecule has 13 heavy (non-hydrogen) atoms. The Morgan fingerprint density at radius 1 is 1.15 bits per heavy atom. The van der Waals surface area contributed by atoms with Crippen LogP contribution in [0.1, 0.15) is 32.6 Å². The van der Waals surface area contributed by atoms with Gasteiger partial charge in [0.2, 0.25) is 0 Å². The van der Waals surface area contributed by atoms with Crippen molar-refractivity contribution in [2.24, 2.45) is 0 Å². The van der Waals surface area contributed by atoms with Crippen LogP contribution in [0.5, 0.6) is 0 Å². The molecule has 3 heteroatoms. The number of hydrogen-bond acceptors (Lipinski definition) is 3. The Hall–Kier alpha value is -0.120. The van der Waals surface area contributed by atoms with E-state index in [0.29, 0.717) is 26.1 Å². The molecule has 80 valence electrons. The Labute approximate surface area is 81.0 Å². The molecule has 0 amide bonds. The lowest BCUT2D eigenvalue weighted by molar-refractivity contribution is 0.0608. The highest BCUT2D eigenvalue weighted by Gasteiger charge is 2.02. The zero-order valence-corrected chi connectivity index (χ0v) is 8.79. The molecular formula is C10H22O3. The van der Waals surface area contributed by atoms with Gasteiger partial charge in [-0.2, -0.15) is 0 Å². The summed E-state index contributed by atoms with van der Waals surface area (Å²) in [7, 11) is 1.64. The SMILES string of the molecule is CCCCOCCC(O)CCOC. The molecule has 0 saturated heterocycles. The number of rotatable bonds is 9. The molecule has 1 atom stereocenters. The summed E-state index contributed by atoms with van der Waals surface area (Å²) in [5, 5.41) is 9.38. The number of aliphatic hydroxyl groups excluding tert-OH is 1. The van der Waals surface area contributed by atoms with Gasteiger partial charge in [-0.15, -0.1) is 0 Å². The van der Waals surface area contributed by atoms with Crippen LogP contribution in [0.3, 0.4) is 0 Å². The van der Waals surface area contributed by atoms with Crippen molar-refractivity contribution < 1.29 is 14.6 Å². The Morgan fingerprint density at radius 3 is 2.46 bits per heavy atom. The number of aliphatic hydroxyl groups is 1. The average molecular weight is 190 g/mol. The third-order valence-electron chi connectivity index (χ3n) is 1.89. The van der Waals surface area contributed by atoms with Crippen LogP contribution in [0.15, 0.2) is 0 Å². The molecule has 1 N–H and O–H groups in total. The average Bonchev–Trinajstić information content (AvgIpc) is 2.14. The minimum absolute atomic E-state index is 0.276. The van der Waals surface area contributed by atoms with Gasteiger partial charge in [-0.1, -0.05) is 13.3 Å². The molecule has 0 aliphatic rings. The van der Waals surface area contributed by atoms with E-state index in [-0.39, 0.29) is 6.10 Å². The third kappa shape index (κ3) is 9.80. The van der Waals surface area contributed by atoms with Crippen molar-refractivity contribution in [3.8, 4) is 0 Å². The highest BCUT2D eigenvalue weighted by atomic mass is 16.5. The van der Waals surface area contributed by atoms with Crippen LogP contribution in [0.4, 0.5) is 0 Å². The van der Waals surface area contributed by atoms with Crippen LogP contribution >= 0.6 is 0 Å². The van der Waals surface area contributed by atoms with Gasteiger partial charge in [0.15, 0.2) is 0 Å². The first-order valence-electron chi connectivity index (χ1n) is 5.06. The highest BCUT2D eigenvalue weighted by molar-refractivity contribution is 4.53. The first-order valence-corrected chi connectivity index (χ1v) is 5.06. The Morgan fingerprint density at radius 2 is 1.85 bits per heavy atom. The largest absolute Gasteiger partial charge is 0.393 e. The fourth-order valence-electron chi connectivity index (χ4n) is 0.966. The topological polar surface area (TPSA) is 38.7 Å². The summed E-state index contributed by atoms with van der Waals surface area (Å²) in [5.41, 5.74) is 0. The zero-order chi connectivity index (χ0) is 9.94. The van der Waals surface area contributed by atoms with E-state index in [1.165, 1.54) is 0 Å².